The zero-order valence-corrected chi connectivity index (χ0v) is 12.7. The van der Waals surface area contributed by atoms with Gasteiger partial charge in [-0.15, -0.1) is 11.3 Å². The number of rotatable bonds is 6. The highest BCUT2D eigenvalue weighted by atomic mass is 32.1. The van der Waals surface area contributed by atoms with E-state index in [4.69, 9.17) is 4.42 Å². The average molecular weight is 293 g/mol. The topological polar surface area (TPSA) is 51.5 Å². The third-order valence-electron chi connectivity index (χ3n) is 3.06. The van der Waals surface area contributed by atoms with Gasteiger partial charge < -0.3 is 14.5 Å². The molecule has 0 spiro atoms. The number of nitrogens with one attached hydrogen (secondary N) is 1. The standard InChI is InChI=1S/C15H19NO3S/c1-10(2)14(13-5-4-8-20-13)16-9-11-6-7-12(19-11)15(17)18-3/h4-8,10,14,16H,9H2,1-3H3/t14-/m0/s1. The molecule has 2 aromatic rings. The van der Waals surface area contributed by atoms with E-state index in [1.54, 1.807) is 23.5 Å². The van der Waals surface area contributed by atoms with E-state index in [1.165, 1.54) is 12.0 Å². The van der Waals surface area contributed by atoms with Gasteiger partial charge in [-0.2, -0.15) is 0 Å². The second-order valence-electron chi connectivity index (χ2n) is 4.88. The summed E-state index contributed by atoms with van der Waals surface area (Å²) in [6.07, 6.45) is 0. The van der Waals surface area contributed by atoms with Crippen LogP contribution >= 0.6 is 11.3 Å². The van der Waals surface area contributed by atoms with Crippen LogP contribution in [-0.2, 0) is 11.3 Å². The smallest absolute Gasteiger partial charge is 0.373 e. The van der Waals surface area contributed by atoms with Crippen LogP contribution in [0.2, 0.25) is 0 Å². The Morgan fingerprint density at radius 3 is 2.80 bits per heavy atom. The van der Waals surface area contributed by atoms with Crippen LogP contribution in [0.3, 0.4) is 0 Å². The molecule has 0 radical (unpaired) electrons. The Bertz CT molecular complexity index is 545. The summed E-state index contributed by atoms with van der Waals surface area (Å²) in [7, 11) is 1.34. The van der Waals surface area contributed by atoms with E-state index in [0.29, 0.717) is 12.5 Å². The SMILES string of the molecule is COC(=O)c1ccc(CN[C@H](c2cccs2)C(C)C)o1. The maximum atomic E-state index is 11.3. The number of hydrogen-bond acceptors (Lipinski definition) is 5. The first kappa shape index (κ1) is 14.8. The van der Waals surface area contributed by atoms with Gasteiger partial charge in [0.15, 0.2) is 0 Å². The molecule has 0 bridgehead atoms. The molecular formula is C15H19NO3S. The minimum Gasteiger partial charge on any atom is -0.463 e. The van der Waals surface area contributed by atoms with Gasteiger partial charge in [0.05, 0.1) is 13.7 Å². The molecule has 0 aliphatic carbocycles. The van der Waals surface area contributed by atoms with Crippen molar-refractivity contribution in [1.82, 2.24) is 5.32 Å². The summed E-state index contributed by atoms with van der Waals surface area (Å²) in [6, 6.07) is 7.90. The first-order chi connectivity index (χ1) is 9.61. The van der Waals surface area contributed by atoms with Gasteiger partial charge in [0.2, 0.25) is 5.76 Å². The van der Waals surface area contributed by atoms with E-state index >= 15 is 0 Å². The monoisotopic (exact) mass is 293 g/mol. The fourth-order valence-corrected chi connectivity index (χ4v) is 3.00. The number of esters is 1. The Kier molecular flexibility index (Phi) is 4.98. The van der Waals surface area contributed by atoms with E-state index < -0.39 is 5.97 Å². The molecule has 0 aliphatic heterocycles. The third kappa shape index (κ3) is 3.49. The van der Waals surface area contributed by atoms with Crippen LogP contribution in [-0.4, -0.2) is 13.1 Å². The van der Waals surface area contributed by atoms with Crippen LogP contribution < -0.4 is 5.32 Å². The first-order valence-corrected chi connectivity index (χ1v) is 7.43. The molecule has 2 rings (SSSR count). The maximum Gasteiger partial charge on any atom is 0.373 e. The van der Waals surface area contributed by atoms with Crippen LogP contribution in [0, 0.1) is 5.92 Å². The summed E-state index contributed by atoms with van der Waals surface area (Å²) in [6.45, 7) is 4.94. The van der Waals surface area contributed by atoms with Crippen LogP contribution in [0.15, 0.2) is 34.1 Å². The molecule has 1 N–H and O–H groups in total. The lowest BCUT2D eigenvalue weighted by atomic mass is 10.0. The molecule has 2 aromatic heterocycles. The highest BCUT2D eigenvalue weighted by Gasteiger charge is 2.17. The predicted molar refractivity (Wildman–Crippen MR) is 78.8 cm³/mol. The minimum atomic E-state index is -0.449. The van der Waals surface area contributed by atoms with Gasteiger partial charge in [-0.25, -0.2) is 4.79 Å². The van der Waals surface area contributed by atoms with Crippen molar-refractivity contribution < 1.29 is 13.9 Å². The normalized spacial score (nSPS) is 12.6. The Hall–Kier alpha value is -1.59. The molecule has 0 amide bonds. The lowest BCUT2D eigenvalue weighted by Gasteiger charge is -2.20. The number of hydrogen-bond donors (Lipinski definition) is 1. The van der Waals surface area contributed by atoms with Crippen molar-refractivity contribution in [3.63, 3.8) is 0 Å². The summed E-state index contributed by atoms with van der Waals surface area (Å²) in [4.78, 5) is 12.6. The average Bonchev–Trinajstić information content (AvgIpc) is 3.09. The lowest BCUT2D eigenvalue weighted by Crippen LogP contribution is -2.24. The van der Waals surface area contributed by atoms with Crippen molar-refractivity contribution in [2.45, 2.75) is 26.4 Å². The summed E-state index contributed by atoms with van der Waals surface area (Å²) < 4.78 is 10.1. The summed E-state index contributed by atoms with van der Waals surface area (Å²) >= 11 is 1.74. The van der Waals surface area contributed by atoms with Gasteiger partial charge in [-0.05, 0) is 29.5 Å². The molecule has 0 saturated carbocycles. The molecule has 1 atom stereocenters. The van der Waals surface area contributed by atoms with Crippen LogP contribution in [0.25, 0.3) is 0 Å². The zero-order chi connectivity index (χ0) is 14.5. The molecule has 20 heavy (non-hydrogen) atoms. The fourth-order valence-electron chi connectivity index (χ4n) is 2.03. The van der Waals surface area contributed by atoms with E-state index in [9.17, 15) is 4.79 Å². The van der Waals surface area contributed by atoms with Crippen molar-refractivity contribution in [3.8, 4) is 0 Å². The lowest BCUT2D eigenvalue weighted by molar-refractivity contribution is 0.0562. The second-order valence-corrected chi connectivity index (χ2v) is 5.85. The molecule has 0 saturated heterocycles. The van der Waals surface area contributed by atoms with Crippen molar-refractivity contribution in [1.29, 1.82) is 0 Å². The Morgan fingerprint density at radius 1 is 1.40 bits per heavy atom. The van der Waals surface area contributed by atoms with E-state index in [1.807, 2.05) is 0 Å². The predicted octanol–water partition coefficient (Wildman–Crippen LogP) is 3.61. The van der Waals surface area contributed by atoms with E-state index in [0.717, 1.165) is 5.76 Å². The van der Waals surface area contributed by atoms with Crippen molar-refractivity contribution in [3.05, 3.63) is 46.0 Å². The third-order valence-corrected chi connectivity index (χ3v) is 4.02. The molecule has 4 nitrogen and oxygen atoms in total. The summed E-state index contributed by atoms with van der Waals surface area (Å²) in [5.74, 6) is 0.993. The Balaban J connectivity index is 1.99. The molecule has 2 heterocycles. The molecule has 0 unspecified atom stereocenters. The number of furan rings is 1. The van der Waals surface area contributed by atoms with Crippen LogP contribution in [0.5, 0.6) is 0 Å². The molecule has 0 aliphatic rings. The molecule has 0 aromatic carbocycles. The number of carbonyl (C=O) groups excluding carboxylic acids is 1. The number of thiophene rings is 1. The highest BCUT2D eigenvalue weighted by molar-refractivity contribution is 7.10. The van der Waals surface area contributed by atoms with Gasteiger partial charge >= 0.3 is 5.97 Å². The van der Waals surface area contributed by atoms with Gasteiger partial charge in [-0.1, -0.05) is 19.9 Å². The summed E-state index contributed by atoms with van der Waals surface area (Å²) in [5, 5.41) is 5.55. The highest BCUT2D eigenvalue weighted by Crippen LogP contribution is 2.26. The van der Waals surface area contributed by atoms with E-state index in [2.05, 4.69) is 41.4 Å². The molecule has 0 fully saturated rings. The largest absolute Gasteiger partial charge is 0.463 e. The van der Waals surface area contributed by atoms with E-state index in [-0.39, 0.29) is 11.8 Å². The zero-order valence-electron chi connectivity index (χ0n) is 11.9. The molecule has 108 valence electrons. The Labute approximate surface area is 122 Å². The van der Waals surface area contributed by atoms with Crippen LogP contribution in [0.4, 0.5) is 0 Å². The second kappa shape index (κ2) is 6.72. The van der Waals surface area contributed by atoms with Crippen molar-refractivity contribution in [2.24, 2.45) is 5.92 Å². The van der Waals surface area contributed by atoms with Crippen molar-refractivity contribution >= 4 is 17.3 Å². The molecular weight excluding hydrogens is 274 g/mol. The molecule has 5 heteroatoms. The number of methoxy groups -OCH3 is 1. The quantitative estimate of drug-likeness (QED) is 0.827. The first-order valence-electron chi connectivity index (χ1n) is 6.55. The fraction of sp³-hybridized carbons (Fsp3) is 0.400. The minimum absolute atomic E-state index is 0.238. The van der Waals surface area contributed by atoms with Gasteiger partial charge in [-0.3, -0.25) is 0 Å². The number of ether oxygens (including phenoxy) is 1. The van der Waals surface area contributed by atoms with Gasteiger partial charge in [0.25, 0.3) is 0 Å². The van der Waals surface area contributed by atoms with Gasteiger partial charge in [0.1, 0.15) is 5.76 Å². The number of carbonyl (C=O) groups is 1. The summed E-state index contributed by atoms with van der Waals surface area (Å²) in [5.41, 5.74) is 0. The maximum absolute atomic E-state index is 11.3. The van der Waals surface area contributed by atoms with Crippen molar-refractivity contribution in [2.75, 3.05) is 7.11 Å². The van der Waals surface area contributed by atoms with Crippen LogP contribution in [0.1, 0.15) is 41.1 Å². The Morgan fingerprint density at radius 2 is 2.20 bits per heavy atom. The van der Waals surface area contributed by atoms with Gasteiger partial charge in [0, 0.05) is 10.9 Å².